The Kier molecular flexibility index (Phi) is 19.0. The number of nitriles is 1. The first-order chi connectivity index (χ1) is 17.8. The standard InChI is InChI=1S/C18H29N3.C13H19N.C2H6/c1-6-17(16-8-9-16)18(14(4)20-7-2)15(5)21-11-10-19-12-13(21)3;1-4-6-7-9-13(11-14)10-12(3)8-5-2;1-2/h6-7,13,16,19H,2,8-12H2,1,3-5H3;6-7,9-10H,4-5,8H2,1-3H3;1-2H3/b17-6-,18-15-,20-14?;7-6+,12-10+,13-9+;. The highest BCUT2D eigenvalue weighted by molar-refractivity contribution is 6.03. The van der Waals surface area contributed by atoms with Crippen LogP contribution in [0.2, 0.25) is 0 Å². The number of nitrogens with one attached hydrogen (secondary N) is 1. The lowest BCUT2D eigenvalue weighted by Gasteiger charge is -2.38. The van der Waals surface area contributed by atoms with Crippen molar-refractivity contribution in [3.8, 4) is 6.07 Å². The zero-order valence-corrected chi connectivity index (χ0v) is 25.3. The van der Waals surface area contributed by atoms with Gasteiger partial charge in [-0.1, -0.05) is 64.5 Å². The average Bonchev–Trinajstić information content (AvgIpc) is 3.74. The number of aliphatic imine (C=N–C) groups is 1. The van der Waals surface area contributed by atoms with Crippen molar-refractivity contribution >= 4 is 5.71 Å². The summed E-state index contributed by atoms with van der Waals surface area (Å²) in [4.78, 5) is 7.01. The fourth-order valence-corrected chi connectivity index (χ4v) is 4.50. The van der Waals surface area contributed by atoms with Gasteiger partial charge in [0.15, 0.2) is 0 Å². The van der Waals surface area contributed by atoms with Crippen molar-refractivity contribution in [2.75, 3.05) is 19.6 Å². The highest BCUT2D eigenvalue weighted by Gasteiger charge is 2.31. The van der Waals surface area contributed by atoms with Gasteiger partial charge in [0.05, 0.1) is 11.6 Å². The molecule has 1 aliphatic carbocycles. The second kappa shape index (κ2) is 20.4. The predicted octanol–water partition coefficient (Wildman–Crippen LogP) is 8.69. The lowest BCUT2D eigenvalue weighted by molar-refractivity contribution is 0.223. The van der Waals surface area contributed by atoms with Crippen molar-refractivity contribution < 1.29 is 0 Å². The summed E-state index contributed by atoms with van der Waals surface area (Å²) in [5.74, 6) is 0.730. The Labute approximate surface area is 229 Å². The van der Waals surface area contributed by atoms with Gasteiger partial charge < -0.3 is 10.2 Å². The zero-order valence-electron chi connectivity index (χ0n) is 25.3. The van der Waals surface area contributed by atoms with E-state index >= 15 is 0 Å². The first-order valence-electron chi connectivity index (χ1n) is 14.3. The Morgan fingerprint density at radius 3 is 2.35 bits per heavy atom. The van der Waals surface area contributed by atoms with Crippen molar-refractivity contribution in [2.24, 2.45) is 10.9 Å². The van der Waals surface area contributed by atoms with Gasteiger partial charge in [0.2, 0.25) is 0 Å². The van der Waals surface area contributed by atoms with Crippen LogP contribution in [0.15, 0.2) is 76.1 Å². The Balaban J connectivity index is 0.000000709. The maximum Gasteiger partial charge on any atom is 0.0991 e. The van der Waals surface area contributed by atoms with Crippen LogP contribution in [0.3, 0.4) is 0 Å². The van der Waals surface area contributed by atoms with Crippen LogP contribution in [0.5, 0.6) is 0 Å². The highest BCUT2D eigenvalue weighted by Crippen LogP contribution is 2.41. The molecule has 1 N–H and O–H groups in total. The molecule has 1 saturated heterocycles. The van der Waals surface area contributed by atoms with Crippen LogP contribution >= 0.6 is 0 Å². The molecular weight excluding hydrogens is 452 g/mol. The smallest absolute Gasteiger partial charge is 0.0991 e. The average molecular weight is 507 g/mol. The molecule has 2 fully saturated rings. The number of hydrogen-bond donors (Lipinski definition) is 1. The third-order valence-electron chi connectivity index (χ3n) is 6.38. The molecule has 1 unspecified atom stereocenters. The van der Waals surface area contributed by atoms with E-state index in [-0.39, 0.29) is 0 Å². The van der Waals surface area contributed by atoms with Crippen LogP contribution in [0.4, 0.5) is 0 Å². The fraction of sp³-hybridized carbons (Fsp3) is 0.576. The monoisotopic (exact) mass is 506 g/mol. The number of rotatable bonds is 10. The fourth-order valence-electron chi connectivity index (χ4n) is 4.50. The minimum absolute atomic E-state index is 0.530. The van der Waals surface area contributed by atoms with Gasteiger partial charge >= 0.3 is 0 Å². The second-order valence-electron chi connectivity index (χ2n) is 9.43. The first kappa shape index (κ1) is 34.4. The minimum atomic E-state index is 0.530. The predicted molar refractivity (Wildman–Crippen MR) is 165 cm³/mol. The molecule has 1 saturated carbocycles. The number of piperazine rings is 1. The summed E-state index contributed by atoms with van der Waals surface area (Å²) in [6.07, 6.45) is 17.6. The van der Waals surface area contributed by atoms with Crippen LogP contribution in [0.1, 0.15) is 94.4 Å². The van der Waals surface area contributed by atoms with Gasteiger partial charge in [-0.05, 0) is 83.9 Å². The Hall–Kier alpha value is -2.64. The molecule has 1 heterocycles. The molecule has 0 radical (unpaired) electrons. The zero-order chi connectivity index (χ0) is 28.2. The summed E-state index contributed by atoms with van der Waals surface area (Å²) in [7, 11) is 0. The van der Waals surface area contributed by atoms with Gasteiger partial charge in [-0.25, -0.2) is 0 Å². The van der Waals surface area contributed by atoms with Gasteiger partial charge in [0.25, 0.3) is 0 Å². The molecular formula is C33H54N4. The Morgan fingerprint density at radius 1 is 1.19 bits per heavy atom. The highest BCUT2D eigenvalue weighted by atomic mass is 15.2. The van der Waals surface area contributed by atoms with Crippen molar-refractivity contribution in [1.82, 2.24) is 10.2 Å². The van der Waals surface area contributed by atoms with Crippen LogP contribution in [0, 0.1) is 17.2 Å². The summed E-state index contributed by atoms with van der Waals surface area (Å²) >= 11 is 0. The molecule has 1 atom stereocenters. The van der Waals surface area contributed by atoms with Crippen LogP contribution in [-0.2, 0) is 0 Å². The molecule has 0 aromatic carbocycles. The van der Waals surface area contributed by atoms with Crippen LogP contribution in [0.25, 0.3) is 0 Å². The molecule has 4 nitrogen and oxygen atoms in total. The molecule has 0 aromatic rings. The van der Waals surface area contributed by atoms with E-state index < -0.39 is 0 Å². The normalized spacial score (nSPS) is 19.8. The number of hydrogen-bond acceptors (Lipinski definition) is 4. The largest absolute Gasteiger partial charge is 0.369 e. The lowest BCUT2D eigenvalue weighted by atomic mass is 9.94. The minimum Gasteiger partial charge on any atom is -0.369 e. The maximum atomic E-state index is 8.85. The van der Waals surface area contributed by atoms with Gasteiger partial charge in [-0.2, -0.15) is 5.26 Å². The molecule has 37 heavy (non-hydrogen) atoms. The van der Waals surface area contributed by atoms with E-state index in [1.165, 1.54) is 35.3 Å². The molecule has 206 valence electrons. The summed E-state index contributed by atoms with van der Waals surface area (Å²) < 4.78 is 0. The van der Waals surface area contributed by atoms with E-state index in [9.17, 15) is 0 Å². The Bertz CT molecular complexity index is 901. The molecule has 0 aromatic heterocycles. The topological polar surface area (TPSA) is 51.4 Å². The molecule has 1 aliphatic heterocycles. The number of allylic oxidation sites excluding steroid dienone is 10. The van der Waals surface area contributed by atoms with E-state index in [1.807, 2.05) is 38.2 Å². The van der Waals surface area contributed by atoms with Gasteiger partial charge in [-0.15, -0.1) is 0 Å². The van der Waals surface area contributed by atoms with Gasteiger partial charge in [0, 0.05) is 48.9 Å². The molecule has 2 rings (SSSR count). The summed E-state index contributed by atoms with van der Waals surface area (Å²) in [6.45, 7) is 26.0. The van der Waals surface area contributed by atoms with Crippen LogP contribution in [-0.4, -0.2) is 36.3 Å². The SMILES string of the molecule is C=CN=C(C)C(/C(=C\C)C1CC1)=C(\C)N1CCNCC1C.CC.CC/C=C/C=C(C#N)\C=C(/C)CCC. The summed E-state index contributed by atoms with van der Waals surface area (Å²) in [5.41, 5.74) is 7.28. The lowest BCUT2D eigenvalue weighted by Crippen LogP contribution is -2.49. The van der Waals surface area contributed by atoms with Crippen molar-refractivity contribution in [1.29, 1.82) is 5.26 Å². The number of nitrogens with zero attached hydrogens (tertiary/aromatic N) is 3. The van der Waals surface area contributed by atoms with Gasteiger partial charge in [-0.3, -0.25) is 4.99 Å². The van der Waals surface area contributed by atoms with Crippen molar-refractivity contribution in [2.45, 2.75) is 100 Å². The summed E-state index contributed by atoms with van der Waals surface area (Å²) in [5, 5.41) is 12.3. The third-order valence-corrected chi connectivity index (χ3v) is 6.38. The van der Waals surface area contributed by atoms with E-state index in [4.69, 9.17) is 5.26 Å². The first-order valence-corrected chi connectivity index (χ1v) is 14.3. The van der Waals surface area contributed by atoms with Crippen molar-refractivity contribution in [3.05, 3.63) is 71.1 Å². The van der Waals surface area contributed by atoms with Crippen LogP contribution < -0.4 is 5.32 Å². The molecule has 2 aliphatic rings. The second-order valence-corrected chi connectivity index (χ2v) is 9.43. The Morgan fingerprint density at radius 2 is 1.86 bits per heavy atom. The van der Waals surface area contributed by atoms with Crippen molar-refractivity contribution in [3.63, 3.8) is 0 Å². The molecule has 0 bridgehead atoms. The van der Waals surface area contributed by atoms with E-state index in [0.717, 1.165) is 56.1 Å². The molecule has 4 heteroatoms. The molecule has 0 spiro atoms. The van der Waals surface area contributed by atoms with E-state index in [2.05, 4.69) is 82.4 Å². The third kappa shape index (κ3) is 12.9. The van der Waals surface area contributed by atoms with Gasteiger partial charge in [0.1, 0.15) is 0 Å². The summed E-state index contributed by atoms with van der Waals surface area (Å²) in [6, 6.07) is 2.71. The molecule has 0 amide bonds. The van der Waals surface area contributed by atoms with E-state index in [1.54, 1.807) is 6.20 Å². The van der Waals surface area contributed by atoms with E-state index in [0.29, 0.717) is 6.04 Å². The quantitative estimate of drug-likeness (QED) is 0.183. The maximum absolute atomic E-state index is 8.85.